The molecule has 2 nitrogen and oxygen atoms in total. The van der Waals surface area contributed by atoms with Crippen molar-refractivity contribution in [3.8, 4) is 17.0 Å². The molecule has 0 aliphatic rings. The Bertz CT molecular complexity index is 482. The molecule has 0 atom stereocenters. The number of aromatic nitrogens is 1. The molecule has 0 aliphatic carbocycles. The maximum Gasteiger partial charge on any atom is 0.115 e. The topological polar surface area (TPSA) is 33.1 Å². The van der Waals surface area contributed by atoms with Gasteiger partial charge < -0.3 is 5.11 Å². The molecule has 1 aromatic carbocycles. The normalized spacial score (nSPS) is 10.3. The zero-order valence-electron chi connectivity index (χ0n) is 7.61. The van der Waals surface area contributed by atoms with Crippen molar-refractivity contribution < 1.29 is 5.11 Å². The van der Waals surface area contributed by atoms with E-state index >= 15 is 0 Å². The summed E-state index contributed by atoms with van der Waals surface area (Å²) in [6.45, 7) is 0. The number of pyridine rings is 1. The lowest BCUT2D eigenvalue weighted by Gasteiger charge is -2.04. The van der Waals surface area contributed by atoms with Crippen molar-refractivity contribution in [1.29, 1.82) is 0 Å². The summed E-state index contributed by atoms with van der Waals surface area (Å²) in [6.07, 6.45) is 1.59. The van der Waals surface area contributed by atoms with Gasteiger partial charge in [-0.1, -0.05) is 23.2 Å². The molecule has 1 heterocycles. The molecule has 0 aliphatic heterocycles. The van der Waals surface area contributed by atoms with Gasteiger partial charge in [0.1, 0.15) is 5.75 Å². The number of rotatable bonds is 1. The van der Waals surface area contributed by atoms with Gasteiger partial charge in [0.15, 0.2) is 0 Å². The van der Waals surface area contributed by atoms with E-state index < -0.39 is 0 Å². The Morgan fingerprint density at radius 2 is 1.67 bits per heavy atom. The largest absolute Gasteiger partial charge is 0.508 e. The number of halogens is 2. The van der Waals surface area contributed by atoms with Crippen LogP contribution in [0.15, 0.2) is 36.5 Å². The second kappa shape index (κ2) is 4.09. The van der Waals surface area contributed by atoms with Crippen molar-refractivity contribution in [1.82, 2.24) is 4.98 Å². The molecule has 2 aromatic rings. The molecular formula is C11H7Cl2NO. The Morgan fingerprint density at radius 3 is 2.33 bits per heavy atom. The second-order valence-electron chi connectivity index (χ2n) is 3.00. The molecule has 0 amide bonds. The standard InChI is InChI=1S/C11H7Cl2NO/c12-9-5-6-14-11(10(9)13)7-1-3-8(15)4-2-7/h1-6,15H. The number of aromatic hydroxyl groups is 1. The maximum absolute atomic E-state index is 9.15. The molecule has 0 saturated carbocycles. The summed E-state index contributed by atoms with van der Waals surface area (Å²) in [5, 5.41) is 10.0. The van der Waals surface area contributed by atoms with E-state index in [1.54, 1.807) is 36.5 Å². The molecule has 0 fully saturated rings. The van der Waals surface area contributed by atoms with E-state index in [0.717, 1.165) is 5.56 Å². The number of hydrogen-bond acceptors (Lipinski definition) is 2. The van der Waals surface area contributed by atoms with Crippen molar-refractivity contribution in [2.24, 2.45) is 0 Å². The van der Waals surface area contributed by atoms with Crippen LogP contribution in [-0.2, 0) is 0 Å². The monoisotopic (exact) mass is 239 g/mol. The van der Waals surface area contributed by atoms with Gasteiger partial charge in [0.05, 0.1) is 15.7 Å². The molecule has 2 rings (SSSR count). The summed E-state index contributed by atoms with van der Waals surface area (Å²) < 4.78 is 0. The van der Waals surface area contributed by atoms with Gasteiger partial charge in [0.25, 0.3) is 0 Å². The van der Waals surface area contributed by atoms with Crippen LogP contribution < -0.4 is 0 Å². The molecule has 0 bridgehead atoms. The van der Waals surface area contributed by atoms with Crippen molar-refractivity contribution >= 4 is 23.2 Å². The van der Waals surface area contributed by atoms with E-state index in [2.05, 4.69) is 4.98 Å². The van der Waals surface area contributed by atoms with Gasteiger partial charge in [-0.25, -0.2) is 0 Å². The average molecular weight is 240 g/mol. The maximum atomic E-state index is 9.15. The summed E-state index contributed by atoms with van der Waals surface area (Å²) in [7, 11) is 0. The molecule has 0 saturated heterocycles. The first-order chi connectivity index (χ1) is 7.18. The van der Waals surface area contributed by atoms with Crippen LogP contribution in [-0.4, -0.2) is 10.1 Å². The van der Waals surface area contributed by atoms with Gasteiger partial charge in [0.2, 0.25) is 0 Å². The van der Waals surface area contributed by atoms with Crippen LogP contribution in [0.4, 0.5) is 0 Å². The molecule has 1 aromatic heterocycles. The first-order valence-electron chi connectivity index (χ1n) is 4.28. The molecule has 0 unspecified atom stereocenters. The van der Waals surface area contributed by atoms with E-state index in [1.165, 1.54) is 0 Å². The van der Waals surface area contributed by atoms with Gasteiger partial charge in [-0.15, -0.1) is 0 Å². The third-order valence-corrected chi connectivity index (χ3v) is 2.78. The highest BCUT2D eigenvalue weighted by Gasteiger charge is 2.07. The highest BCUT2D eigenvalue weighted by Crippen LogP contribution is 2.31. The quantitative estimate of drug-likeness (QED) is 0.823. The third-order valence-electron chi connectivity index (χ3n) is 1.98. The molecular weight excluding hydrogens is 233 g/mol. The molecule has 0 spiro atoms. The fourth-order valence-electron chi connectivity index (χ4n) is 1.24. The first-order valence-corrected chi connectivity index (χ1v) is 5.03. The summed E-state index contributed by atoms with van der Waals surface area (Å²) in [6, 6.07) is 8.26. The molecule has 1 N–H and O–H groups in total. The van der Waals surface area contributed by atoms with Crippen LogP contribution in [0.1, 0.15) is 0 Å². The Balaban J connectivity index is 2.54. The lowest BCUT2D eigenvalue weighted by atomic mass is 10.1. The molecule has 76 valence electrons. The third kappa shape index (κ3) is 2.06. The fourth-order valence-corrected chi connectivity index (χ4v) is 1.61. The van der Waals surface area contributed by atoms with Gasteiger partial charge in [-0.2, -0.15) is 0 Å². The Morgan fingerprint density at radius 1 is 1.00 bits per heavy atom. The van der Waals surface area contributed by atoms with E-state index in [1.807, 2.05) is 0 Å². The average Bonchev–Trinajstić information content (AvgIpc) is 2.24. The first kappa shape index (κ1) is 10.3. The lowest BCUT2D eigenvalue weighted by Crippen LogP contribution is -1.84. The highest BCUT2D eigenvalue weighted by molar-refractivity contribution is 6.43. The van der Waals surface area contributed by atoms with Crippen LogP contribution in [0, 0.1) is 0 Å². The van der Waals surface area contributed by atoms with E-state index in [9.17, 15) is 0 Å². The lowest BCUT2D eigenvalue weighted by molar-refractivity contribution is 0.475. The van der Waals surface area contributed by atoms with E-state index in [0.29, 0.717) is 15.7 Å². The summed E-state index contributed by atoms with van der Waals surface area (Å²) in [5.74, 6) is 0.205. The van der Waals surface area contributed by atoms with Crippen LogP contribution in [0.3, 0.4) is 0 Å². The van der Waals surface area contributed by atoms with Gasteiger partial charge in [0, 0.05) is 11.8 Å². The number of phenols is 1. The van der Waals surface area contributed by atoms with Crippen molar-refractivity contribution in [2.45, 2.75) is 0 Å². The minimum Gasteiger partial charge on any atom is -0.508 e. The highest BCUT2D eigenvalue weighted by atomic mass is 35.5. The second-order valence-corrected chi connectivity index (χ2v) is 3.79. The van der Waals surface area contributed by atoms with E-state index in [4.69, 9.17) is 28.3 Å². The fraction of sp³-hybridized carbons (Fsp3) is 0. The number of benzene rings is 1. The number of phenolic OH excluding ortho intramolecular Hbond substituents is 1. The minimum absolute atomic E-state index is 0.205. The number of nitrogens with zero attached hydrogens (tertiary/aromatic N) is 1. The van der Waals surface area contributed by atoms with Gasteiger partial charge >= 0.3 is 0 Å². The zero-order chi connectivity index (χ0) is 10.8. The molecule has 4 heteroatoms. The van der Waals surface area contributed by atoms with Crippen LogP contribution >= 0.6 is 23.2 Å². The Hall–Kier alpha value is -1.25. The minimum atomic E-state index is 0.205. The zero-order valence-corrected chi connectivity index (χ0v) is 9.13. The van der Waals surface area contributed by atoms with Crippen LogP contribution in [0.5, 0.6) is 5.75 Å². The predicted molar refractivity (Wildman–Crippen MR) is 61.4 cm³/mol. The Labute approximate surface area is 97.1 Å². The van der Waals surface area contributed by atoms with E-state index in [-0.39, 0.29) is 5.75 Å². The Kier molecular flexibility index (Phi) is 2.80. The smallest absolute Gasteiger partial charge is 0.115 e. The van der Waals surface area contributed by atoms with Gasteiger partial charge in [-0.3, -0.25) is 4.98 Å². The predicted octanol–water partition coefficient (Wildman–Crippen LogP) is 3.76. The SMILES string of the molecule is Oc1ccc(-c2nccc(Cl)c2Cl)cc1. The summed E-state index contributed by atoms with van der Waals surface area (Å²) in [5.41, 5.74) is 1.43. The molecule has 15 heavy (non-hydrogen) atoms. The molecule has 0 radical (unpaired) electrons. The summed E-state index contributed by atoms with van der Waals surface area (Å²) >= 11 is 11.9. The van der Waals surface area contributed by atoms with Crippen molar-refractivity contribution in [3.63, 3.8) is 0 Å². The van der Waals surface area contributed by atoms with Crippen LogP contribution in [0.25, 0.3) is 11.3 Å². The summed E-state index contributed by atoms with van der Waals surface area (Å²) in [4.78, 5) is 4.14. The van der Waals surface area contributed by atoms with Crippen molar-refractivity contribution in [3.05, 3.63) is 46.6 Å². The van der Waals surface area contributed by atoms with Crippen molar-refractivity contribution in [2.75, 3.05) is 0 Å². The van der Waals surface area contributed by atoms with Gasteiger partial charge in [-0.05, 0) is 30.3 Å². The number of hydrogen-bond donors (Lipinski definition) is 1. The van der Waals surface area contributed by atoms with Crippen LogP contribution in [0.2, 0.25) is 10.0 Å².